The number of thiophene rings is 1. The van der Waals surface area contributed by atoms with Crippen LogP contribution in [0.1, 0.15) is 5.69 Å². The first kappa shape index (κ1) is 16.6. The summed E-state index contributed by atoms with van der Waals surface area (Å²) in [4.78, 5) is 0. The normalized spacial score (nSPS) is 11.5. The molecule has 0 aliphatic carbocycles. The Morgan fingerprint density at radius 1 is 1.17 bits per heavy atom. The van der Waals surface area contributed by atoms with Crippen LogP contribution < -0.4 is 10.0 Å². The topological polar surface area (TPSA) is 102 Å². The van der Waals surface area contributed by atoms with E-state index >= 15 is 0 Å². The zero-order chi connectivity index (χ0) is 17.0. The van der Waals surface area contributed by atoms with Crippen LogP contribution in [0.15, 0.2) is 46.1 Å². The minimum Gasteiger partial charge on any atom is -0.367 e. The average Bonchev–Trinajstić information content (AvgIpc) is 3.24. The molecule has 0 spiro atoms. The minimum absolute atomic E-state index is 0.252. The lowest BCUT2D eigenvalue weighted by Gasteiger charge is -2.07. The van der Waals surface area contributed by atoms with Crippen LogP contribution in [0.5, 0.6) is 0 Å². The second kappa shape index (κ2) is 7.07. The summed E-state index contributed by atoms with van der Waals surface area (Å²) in [6, 6.07) is 8.72. The van der Waals surface area contributed by atoms with Gasteiger partial charge in [-0.05, 0) is 36.6 Å². The van der Waals surface area contributed by atoms with Gasteiger partial charge in [-0.25, -0.2) is 17.8 Å². The predicted molar refractivity (Wildman–Crippen MR) is 91.9 cm³/mol. The molecule has 3 rings (SSSR count). The summed E-state index contributed by atoms with van der Waals surface area (Å²) < 4.78 is 28.4. The first-order valence-corrected chi connectivity index (χ1v) is 9.54. The quantitative estimate of drug-likeness (QED) is 0.615. The summed E-state index contributed by atoms with van der Waals surface area (Å²) in [6.07, 6.45) is 1.81. The van der Waals surface area contributed by atoms with E-state index in [0.717, 1.165) is 5.69 Å². The molecule has 3 aromatic heterocycles. The van der Waals surface area contributed by atoms with Crippen molar-refractivity contribution in [2.24, 2.45) is 0 Å². The summed E-state index contributed by atoms with van der Waals surface area (Å²) in [6.45, 7) is 2.55. The molecule has 8 nitrogen and oxygen atoms in total. The van der Waals surface area contributed by atoms with Crippen LogP contribution in [0.4, 0.5) is 5.82 Å². The first-order chi connectivity index (χ1) is 11.5. The van der Waals surface area contributed by atoms with E-state index in [9.17, 15) is 8.42 Å². The first-order valence-electron chi connectivity index (χ1n) is 7.18. The van der Waals surface area contributed by atoms with Crippen LogP contribution in [0.2, 0.25) is 0 Å². The molecule has 0 fully saturated rings. The molecule has 0 aliphatic rings. The van der Waals surface area contributed by atoms with Crippen molar-refractivity contribution in [1.82, 2.24) is 24.7 Å². The van der Waals surface area contributed by atoms with Gasteiger partial charge >= 0.3 is 0 Å². The molecule has 2 N–H and O–H groups in total. The van der Waals surface area contributed by atoms with Crippen molar-refractivity contribution in [2.45, 2.75) is 11.1 Å². The van der Waals surface area contributed by atoms with Crippen LogP contribution >= 0.6 is 11.3 Å². The smallest absolute Gasteiger partial charge is 0.250 e. The molecule has 0 bridgehead atoms. The molecular weight excluding hydrogens is 348 g/mol. The summed E-state index contributed by atoms with van der Waals surface area (Å²) in [5.74, 6) is 1.19. The highest BCUT2D eigenvalue weighted by molar-refractivity contribution is 7.91. The summed E-state index contributed by atoms with van der Waals surface area (Å²) in [5.41, 5.74) is 0.900. The van der Waals surface area contributed by atoms with Gasteiger partial charge in [0.15, 0.2) is 5.82 Å². The molecule has 24 heavy (non-hydrogen) atoms. The lowest BCUT2D eigenvalue weighted by Crippen LogP contribution is -2.28. The van der Waals surface area contributed by atoms with Gasteiger partial charge in [0.05, 0.1) is 5.69 Å². The van der Waals surface area contributed by atoms with Gasteiger partial charge in [0.2, 0.25) is 10.0 Å². The highest BCUT2D eigenvalue weighted by Gasteiger charge is 2.13. The second-order valence-electron chi connectivity index (χ2n) is 4.94. The monoisotopic (exact) mass is 364 g/mol. The number of hydrogen-bond donors (Lipinski definition) is 2. The molecule has 0 amide bonds. The van der Waals surface area contributed by atoms with E-state index in [1.165, 1.54) is 11.3 Å². The van der Waals surface area contributed by atoms with Gasteiger partial charge in [0, 0.05) is 19.3 Å². The number of anilines is 1. The van der Waals surface area contributed by atoms with E-state index in [0.29, 0.717) is 22.4 Å². The molecule has 10 heteroatoms. The number of rotatable bonds is 7. The van der Waals surface area contributed by atoms with E-state index in [2.05, 4.69) is 25.3 Å². The van der Waals surface area contributed by atoms with Gasteiger partial charge in [0.1, 0.15) is 10.0 Å². The third kappa shape index (κ3) is 3.96. The molecule has 0 atom stereocenters. The number of nitrogens with one attached hydrogen (secondary N) is 2. The maximum atomic E-state index is 11.9. The predicted octanol–water partition coefficient (Wildman–Crippen LogP) is 1.42. The Morgan fingerprint density at radius 3 is 2.67 bits per heavy atom. The summed E-state index contributed by atoms with van der Waals surface area (Å²) >= 11 is 1.18. The van der Waals surface area contributed by atoms with Crippen molar-refractivity contribution < 1.29 is 8.42 Å². The zero-order valence-electron chi connectivity index (χ0n) is 12.9. The fourth-order valence-electron chi connectivity index (χ4n) is 1.95. The molecular formula is C14H16N6O2S2. The van der Waals surface area contributed by atoms with Crippen molar-refractivity contribution in [2.75, 3.05) is 18.4 Å². The van der Waals surface area contributed by atoms with Crippen molar-refractivity contribution in [1.29, 1.82) is 0 Å². The highest BCUT2D eigenvalue weighted by Crippen LogP contribution is 2.14. The Labute approximate surface area is 143 Å². The van der Waals surface area contributed by atoms with Crippen LogP contribution in [0.3, 0.4) is 0 Å². The number of sulfonamides is 1. The van der Waals surface area contributed by atoms with E-state index in [1.807, 2.05) is 19.2 Å². The second-order valence-corrected chi connectivity index (χ2v) is 7.88. The van der Waals surface area contributed by atoms with Gasteiger partial charge in [-0.2, -0.15) is 5.10 Å². The van der Waals surface area contributed by atoms with Crippen molar-refractivity contribution in [3.05, 3.63) is 47.6 Å². The molecule has 0 aromatic carbocycles. The molecule has 3 heterocycles. The van der Waals surface area contributed by atoms with Crippen LogP contribution in [-0.2, 0) is 10.0 Å². The largest absolute Gasteiger partial charge is 0.367 e. The van der Waals surface area contributed by atoms with Crippen LogP contribution in [0.25, 0.3) is 5.82 Å². The van der Waals surface area contributed by atoms with Gasteiger partial charge in [-0.3, -0.25) is 0 Å². The van der Waals surface area contributed by atoms with Gasteiger partial charge < -0.3 is 5.32 Å². The molecule has 0 radical (unpaired) electrons. The number of hydrogen-bond acceptors (Lipinski definition) is 7. The lowest BCUT2D eigenvalue weighted by atomic mass is 10.5. The Bertz CT molecular complexity index is 888. The van der Waals surface area contributed by atoms with E-state index in [1.54, 1.807) is 34.3 Å². The number of aromatic nitrogens is 4. The number of aryl methyl sites for hydroxylation is 1. The maximum Gasteiger partial charge on any atom is 0.250 e. The molecule has 126 valence electrons. The fraction of sp³-hybridized carbons (Fsp3) is 0.214. The molecule has 0 aliphatic heterocycles. The lowest BCUT2D eigenvalue weighted by molar-refractivity contribution is 0.585. The van der Waals surface area contributed by atoms with E-state index < -0.39 is 10.0 Å². The SMILES string of the molecule is Cc1ccn(-c2ccc(NCCNS(=O)(=O)c3cccs3)nn2)n1. The van der Waals surface area contributed by atoms with Gasteiger partial charge in [0.25, 0.3) is 0 Å². The van der Waals surface area contributed by atoms with E-state index in [4.69, 9.17) is 0 Å². The van der Waals surface area contributed by atoms with Gasteiger partial charge in [-0.1, -0.05) is 6.07 Å². The zero-order valence-corrected chi connectivity index (χ0v) is 14.5. The summed E-state index contributed by atoms with van der Waals surface area (Å²) in [7, 11) is -3.43. The molecule has 3 aromatic rings. The van der Waals surface area contributed by atoms with Gasteiger partial charge in [-0.15, -0.1) is 21.5 Å². The summed E-state index contributed by atoms with van der Waals surface area (Å²) in [5, 5.41) is 17.1. The van der Waals surface area contributed by atoms with E-state index in [-0.39, 0.29) is 6.54 Å². The third-order valence-corrected chi connectivity index (χ3v) is 5.95. The molecule has 0 unspecified atom stereocenters. The maximum absolute atomic E-state index is 11.9. The average molecular weight is 364 g/mol. The Hall–Kier alpha value is -2.30. The van der Waals surface area contributed by atoms with Crippen molar-refractivity contribution in [3.8, 4) is 5.82 Å². The van der Waals surface area contributed by atoms with Crippen molar-refractivity contribution >= 4 is 27.2 Å². The Morgan fingerprint density at radius 2 is 2.04 bits per heavy atom. The minimum atomic E-state index is -3.43. The van der Waals surface area contributed by atoms with Crippen LogP contribution in [-0.4, -0.2) is 41.5 Å². The van der Waals surface area contributed by atoms with Crippen LogP contribution in [0, 0.1) is 6.92 Å². The third-order valence-electron chi connectivity index (χ3n) is 3.09. The van der Waals surface area contributed by atoms with Crippen molar-refractivity contribution in [3.63, 3.8) is 0 Å². The molecule has 0 saturated carbocycles. The Balaban J connectivity index is 1.50. The number of nitrogens with zero attached hydrogens (tertiary/aromatic N) is 4. The Kier molecular flexibility index (Phi) is 4.88. The highest BCUT2D eigenvalue weighted by atomic mass is 32.2. The fourth-order valence-corrected chi connectivity index (χ4v) is 4.02. The standard InChI is InChI=1S/C14H16N6O2S2/c1-11-6-9-20(19-11)13-5-4-12(17-18-13)15-7-8-16-24(21,22)14-3-2-10-23-14/h2-6,9-10,16H,7-8H2,1H3,(H,15,17). The molecule has 0 saturated heterocycles.